The molecular formula is C20H20ClN3OS. The summed E-state index contributed by atoms with van der Waals surface area (Å²) in [4.78, 5) is 17.3. The average Bonchev–Trinajstić information content (AvgIpc) is 3.04. The SMILES string of the molecule is Cc1cc(Nc2ncc(C(=O)Nc3c(C)cccc3Cl)s2)cc(C)c1C. The largest absolute Gasteiger partial charge is 0.332 e. The van der Waals surface area contributed by atoms with Crippen molar-refractivity contribution in [3.8, 4) is 0 Å². The molecule has 0 atom stereocenters. The normalized spacial score (nSPS) is 10.7. The number of thiazole rings is 1. The molecule has 1 amide bonds. The van der Waals surface area contributed by atoms with E-state index in [0.29, 0.717) is 20.7 Å². The van der Waals surface area contributed by atoms with E-state index < -0.39 is 0 Å². The van der Waals surface area contributed by atoms with Crippen LogP contribution >= 0.6 is 22.9 Å². The van der Waals surface area contributed by atoms with Crippen LogP contribution in [-0.2, 0) is 0 Å². The van der Waals surface area contributed by atoms with Crippen molar-refractivity contribution in [2.75, 3.05) is 10.6 Å². The van der Waals surface area contributed by atoms with Crippen LogP contribution in [0.15, 0.2) is 36.5 Å². The number of anilines is 3. The smallest absolute Gasteiger partial charge is 0.267 e. The summed E-state index contributed by atoms with van der Waals surface area (Å²) in [5, 5.41) is 7.34. The van der Waals surface area contributed by atoms with Crippen molar-refractivity contribution < 1.29 is 4.79 Å². The van der Waals surface area contributed by atoms with Crippen LogP contribution in [0.4, 0.5) is 16.5 Å². The molecule has 0 bridgehead atoms. The summed E-state index contributed by atoms with van der Waals surface area (Å²) < 4.78 is 0. The maximum Gasteiger partial charge on any atom is 0.267 e. The zero-order valence-corrected chi connectivity index (χ0v) is 16.7. The zero-order chi connectivity index (χ0) is 18.8. The topological polar surface area (TPSA) is 54.0 Å². The maximum atomic E-state index is 12.5. The van der Waals surface area contributed by atoms with Crippen LogP contribution in [0, 0.1) is 27.7 Å². The highest BCUT2D eigenvalue weighted by Crippen LogP contribution is 2.29. The number of para-hydroxylation sites is 1. The van der Waals surface area contributed by atoms with Crippen LogP contribution in [0.25, 0.3) is 0 Å². The second-order valence-electron chi connectivity index (χ2n) is 6.28. The Hall–Kier alpha value is -2.37. The minimum absolute atomic E-state index is 0.219. The summed E-state index contributed by atoms with van der Waals surface area (Å²) in [5.41, 5.74) is 6.23. The molecule has 2 N–H and O–H groups in total. The average molecular weight is 386 g/mol. The molecule has 0 aliphatic heterocycles. The molecule has 1 heterocycles. The molecule has 4 nitrogen and oxygen atoms in total. The van der Waals surface area contributed by atoms with Crippen LogP contribution in [-0.4, -0.2) is 10.9 Å². The Balaban J connectivity index is 1.76. The number of halogens is 1. The van der Waals surface area contributed by atoms with Gasteiger partial charge in [-0.25, -0.2) is 4.98 Å². The molecule has 26 heavy (non-hydrogen) atoms. The lowest BCUT2D eigenvalue weighted by atomic mass is 10.0. The van der Waals surface area contributed by atoms with Gasteiger partial charge in [0.15, 0.2) is 5.13 Å². The molecule has 6 heteroatoms. The van der Waals surface area contributed by atoms with E-state index in [0.717, 1.165) is 11.3 Å². The van der Waals surface area contributed by atoms with E-state index in [1.165, 1.54) is 28.0 Å². The Kier molecular flexibility index (Phi) is 5.30. The molecule has 0 radical (unpaired) electrons. The van der Waals surface area contributed by atoms with Gasteiger partial charge in [0.1, 0.15) is 4.88 Å². The van der Waals surface area contributed by atoms with Gasteiger partial charge in [-0.15, -0.1) is 0 Å². The Bertz CT molecular complexity index is 938. The number of benzene rings is 2. The standard InChI is InChI=1S/C20H20ClN3OS/c1-11-6-5-7-16(21)18(11)24-19(25)17-10-22-20(26-17)23-15-8-12(2)14(4)13(3)9-15/h5-10H,1-4H3,(H,22,23)(H,24,25). The van der Waals surface area contributed by atoms with Crippen molar-refractivity contribution >= 4 is 45.4 Å². The number of nitrogens with zero attached hydrogens (tertiary/aromatic N) is 1. The van der Waals surface area contributed by atoms with E-state index in [4.69, 9.17) is 11.6 Å². The fourth-order valence-electron chi connectivity index (χ4n) is 2.63. The molecule has 0 aliphatic carbocycles. The molecule has 1 aromatic heterocycles. The van der Waals surface area contributed by atoms with Crippen molar-refractivity contribution in [2.24, 2.45) is 0 Å². The summed E-state index contributed by atoms with van der Waals surface area (Å²) in [6, 6.07) is 9.68. The van der Waals surface area contributed by atoms with Gasteiger partial charge in [0.25, 0.3) is 5.91 Å². The maximum absolute atomic E-state index is 12.5. The van der Waals surface area contributed by atoms with Gasteiger partial charge in [-0.1, -0.05) is 35.1 Å². The van der Waals surface area contributed by atoms with Crippen molar-refractivity contribution in [1.82, 2.24) is 4.98 Å². The molecule has 134 valence electrons. The number of carbonyl (C=O) groups is 1. The Morgan fingerprint density at radius 1 is 1.08 bits per heavy atom. The molecule has 0 saturated heterocycles. The van der Waals surface area contributed by atoms with E-state index in [1.54, 1.807) is 12.3 Å². The summed E-state index contributed by atoms with van der Waals surface area (Å²) in [6.45, 7) is 8.18. The van der Waals surface area contributed by atoms with Gasteiger partial charge in [-0.3, -0.25) is 4.79 Å². The predicted molar refractivity (Wildman–Crippen MR) is 110 cm³/mol. The molecule has 0 aliphatic rings. The van der Waals surface area contributed by atoms with Crippen LogP contribution in [0.5, 0.6) is 0 Å². The molecule has 0 saturated carbocycles. The van der Waals surface area contributed by atoms with Gasteiger partial charge in [0, 0.05) is 5.69 Å². The lowest BCUT2D eigenvalue weighted by molar-refractivity contribution is 0.103. The zero-order valence-electron chi connectivity index (χ0n) is 15.1. The molecule has 0 fully saturated rings. The Labute approximate surface area is 162 Å². The molecule has 0 spiro atoms. The second kappa shape index (κ2) is 7.48. The van der Waals surface area contributed by atoms with Crippen LogP contribution in [0.1, 0.15) is 31.9 Å². The van der Waals surface area contributed by atoms with Crippen LogP contribution < -0.4 is 10.6 Å². The van der Waals surface area contributed by atoms with Gasteiger partial charge in [0.05, 0.1) is 16.9 Å². The van der Waals surface area contributed by atoms with Crippen molar-refractivity contribution in [2.45, 2.75) is 27.7 Å². The third-order valence-electron chi connectivity index (χ3n) is 4.37. The van der Waals surface area contributed by atoms with Gasteiger partial charge in [-0.05, 0) is 68.1 Å². The van der Waals surface area contributed by atoms with E-state index in [2.05, 4.69) is 48.5 Å². The summed E-state index contributed by atoms with van der Waals surface area (Å²) in [6.07, 6.45) is 1.57. The first-order valence-corrected chi connectivity index (χ1v) is 9.42. The molecule has 0 unspecified atom stereocenters. The van der Waals surface area contributed by atoms with E-state index >= 15 is 0 Å². The van der Waals surface area contributed by atoms with E-state index in [9.17, 15) is 4.79 Å². The number of nitrogens with one attached hydrogen (secondary N) is 2. The molecule has 2 aromatic carbocycles. The highest BCUT2D eigenvalue weighted by molar-refractivity contribution is 7.17. The summed E-state index contributed by atoms with van der Waals surface area (Å²) >= 11 is 7.48. The van der Waals surface area contributed by atoms with Gasteiger partial charge < -0.3 is 10.6 Å². The van der Waals surface area contributed by atoms with Crippen molar-refractivity contribution in [3.63, 3.8) is 0 Å². The molecule has 3 rings (SSSR count). The predicted octanol–water partition coefficient (Wildman–Crippen LogP) is 6.03. The molecular weight excluding hydrogens is 366 g/mol. The highest BCUT2D eigenvalue weighted by Gasteiger charge is 2.14. The number of hydrogen-bond acceptors (Lipinski definition) is 4. The van der Waals surface area contributed by atoms with Gasteiger partial charge in [0.2, 0.25) is 0 Å². The fourth-order valence-corrected chi connectivity index (χ4v) is 3.63. The monoisotopic (exact) mass is 385 g/mol. The van der Waals surface area contributed by atoms with Gasteiger partial charge in [-0.2, -0.15) is 0 Å². The minimum Gasteiger partial charge on any atom is -0.332 e. The molecule has 3 aromatic rings. The van der Waals surface area contributed by atoms with Crippen molar-refractivity contribution in [1.29, 1.82) is 0 Å². The number of carbonyl (C=O) groups excluding carboxylic acids is 1. The first-order chi connectivity index (χ1) is 12.3. The lowest BCUT2D eigenvalue weighted by Crippen LogP contribution is -2.11. The number of rotatable bonds is 4. The Morgan fingerprint density at radius 2 is 1.77 bits per heavy atom. The third kappa shape index (κ3) is 3.89. The number of hydrogen-bond donors (Lipinski definition) is 2. The summed E-state index contributed by atoms with van der Waals surface area (Å²) in [5.74, 6) is -0.219. The quantitative estimate of drug-likeness (QED) is 0.576. The van der Waals surface area contributed by atoms with Crippen LogP contribution in [0.3, 0.4) is 0 Å². The van der Waals surface area contributed by atoms with Crippen molar-refractivity contribution in [3.05, 3.63) is 68.7 Å². The van der Waals surface area contributed by atoms with Crippen LogP contribution in [0.2, 0.25) is 5.02 Å². The van der Waals surface area contributed by atoms with E-state index in [1.807, 2.05) is 19.1 Å². The minimum atomic E-state index is -0.219. The van der Waals surface area contributed by atoms with Gasteiger partial charge >= 0.3 is 0 Å². The second-order valence-corrected chi connectivity index (χ2v) is 7.71. The third-order valence-corrected chi connectivity index (χ3v) is 5.59. The fraction of sp³-hybridized carbons (Fsp3) is 0.200. The number of aryl methyl sites for hydroxylation is 3. The summed E-state index contributed by atoms with van der Waals surface area (Å²) in [7, 11) is 0. The number of aromatic nitrogens is 1. The Morgan fingerprint density at radius 3 is 2.42 bits per heavy atom. The highest BCUT2D eigenvalue weighted by atomic mass is 35.5. The first-order valence-electron chi connectivity index (χ1n) is 8.22. The van der Waals surface area contributed by atoms with E-state index in [-0.39, 0.29) is 5.91 Å². The first kappa shape index (κ1) is 18.4. The number of amides is 1. The lowest BCUT2D eigenvalue weighted by Gasteiger charge is -2.09.